The van der Waals surface area contributed by atoms with Gasteiger partial charge in [0, 0.05) is 29.1 Å². The molecule has 1 saturated heterocycles. The second-order valence-corrected chi connectivity index (χ2v) is 8.24. The zero-order valence-corrected chi connectivity index (χ0v) is 12.7. The monoisotopic (exact) mass is 324 g/mol. The van der Waals surface area contributed by atoms with Crippen molar-refractivity contribution in [3.8, 4) is 0 Å². The van der Waals surface area contributed by atoms with Crippen LogP contribution < -0.4 is 5.73 Å². The Bertz CT molecular complexity index is 595. The molecule has 1 atom stereocenters. The van der Waals surface area contributed by atoms with E-state index in [1.165, 1.54) is 10.4 Å². The average Bonchev–Trinajstić information content (AvgIpc) is 2.33. The maximum absolute atomic E-state index is 13.9. The van der Waals surface area contributed by atoms with Gasteiger partial charge in [-0.05, 0) is 12.1 Å². The topological polar surface area (TPSA) is 63.4 Å². The molecule has 2 rings (SSSR count). The van der Waals surface area contributed by atoms with Crippen molar-refractivity contribution in [3.05, 3.63) is 23.0 Å². The van der Waals surface area contributed by atoms with Gasteiger partial charge in [-0.2, -0.15) is 16.1 Å². The van der Waals surface area contributed by atoms with Crippen molar-refractivity contribution < 1.29 is 12.8 Å². The summed E-state index contributed by atoms with van der Waals surface area (Å²) in [6.45, 7) is 2.66. The van der Waals surface area contributed by atoms with Gasteiger partial charge in [0.05, 0.1) is 5.69 Å². The molecular weight excluding hydrogens is 311 g/mol. The first-order chi connectivity index (χ1) is 8.82. The highest BCUT2D eigenvalue weighted by Crippen LogP contribution is 2.30. The summed E-state index contributed by atoms with van der Waals surface area (Å²) >= 11 is 7.45. The van der Waals surface area contributed by atoms with Gasteiger partial charge in [0.15, 0.2) is 5.82 Å². The van der Waals surface area contributed by atoms with Crippen LogP contribution in [0.25, 0.3) is 0 Å². The number of nitrogens with two attached hydrogens (primary N) is 1. The molecule has 106 valence electrons. The Morgan fingerprint density at radius 3 is 2.84 bits per heavy atom. The lowest BCUT2D eigenvalue weighted by Crippen LogP contribution is -2.41. The summed E-state index contributed by atoms with van der Waals surface area (Å²) < 4.78 is 40.1. The number of hydrogen-bond donors (Lipinski definition) is 1. The van der Waals surface area contributed by atoms with Crippen LogP contribution in [0.5, 0.6) is 0 Å². The fourth-order valence-corrected chi connectivity index (χ4v) is 5.08. The minimum Gasteiger partial charge on any atom is -0.396 e. The lowest BCUT2D eigenvalue weighted by Gasteiger charge is -2.29. The molecule has 0 saturated carbocycles. The van der Waals surface area contributed by atoms with Crippen LogP contribution in [0.15, 0.2) is 17.0 Å². The van der Waals surface area contributed by atoms with Crippen LogP contribution in [0.2, 0.25) is 5.02 Å². The molecule has 0 radical (unpaired) electrons. The van der Waals surface area contributed by atoms with Gasteiger partial charge in [-0.1, -0.05) is 18.5 Å². The van der Waals surface area contributed by atoms with Crippen LogP contribution in [-0.2, 0) is 10.0 Å². The third kappa shape index (κ3) is 2.99. The molecule has 4 nitrogen and oxygen atoms in total. The fraction of sp³-hybridized carbons (Fsp3) is 0.455. The Hall–Kier alpha value is -0.500. The molecule has 1 aromatic rings. The van der Waals surface area contributed by atoms with Crippen molar-refractivity contribution in [2.45, 2.75) is 17.1 Å². The molecule has 1 unspecified atom stereocenters. The van der Waals surface area contributed by atoms with E-state index in [4.69, 9.17) is 17.3 Å². The Balaban J connectivity index is 2.45. The van der Waals surface area contributed by atoms with Crippen LogP contribution in [0.1, 0.15) is 6.92 Å². The minimum atomic E-state index is -3.89. The van der Waals surface area contributed by atoms with E-state index >= 15 is 0 Å². The third-order valence-corrected chi connectivity index (χ3v) is 6.07. The summed E-state index contributed by atoms with van der Waals surface area (Å²) in [5, 5.41) is 0.292. The summed E-state index contributed by atoms with van der Waals surface area (Å²) in [6.07, 6.45) is 0. The quantitative estimate of drug-likeness (QED) is 0.847. The molecule has 0 aromatic heterocycles. The van der Waals surface area contributed by atoms with Gasteiger partial charge >= 0.3 is 0 Å². The van der Waals surface area contributed by atoms with Crippen molar-refractivity contribution in [3.63, 3.8) is 0 Å². The number of halogens is 2. The maximum Gasteiger partial charge on any atom is 0.246 e. The lowest BCUT2D eigenvalue weighted by atomic mass is 10.3. The molecule has 1 heterocycles. The predicted octanol–water partition coefficient (Wildman–Crippen LogP) is 2.19. The largest absolute Gasteiger partial charge is 0.396 e. The molecule has 1 aliphatic heterocycles. The van der Waals surface area contributed by atoms with E-state index in [2.05, 4.69) is 0 Å². The Labute approximate surface area is 121 Å². The summed E-state index contributed by atoms with van der Waals surface area (Å²) in [6, 6.07) is 2.31. The fourth-order valence-electron chi connectivity index (χ4n) is 1.92. The Morgan fingerprint density at radius 2 is 2.21 bits per heavy atom. The van der Waals surface area contributed by atoms with E-state index in [0.717, 1.165) is 6.07 Å². The van der Waals surface area contributed by atoms with Crippen LogP contribution in [0.4, 0.5) is 10.1 Å². The standard InChI is InChI=1S/C11H14ClFN2O2S2/c1-7-6-15(2-3-18-7)19(16,17)10-5-8(12)4-9(14)11(10)13/h4-5,7H,2-3,6,14H2,1H3. The summed E-state index contributed by atoms with van der Waals surface area (Å²) in [7, 11) is -3.89. The second-order valence-electron chi connectivity index (χ2n) is 4.35. The highest BCUT2D eigenvalue weighted by molar-refractivity contribution is 8.00. The summed E-state index contributed by atoms with van der Waals surface area (Å²) in [4.78, 5) is -0.448. The van der Waals surface area contributed by atoms with Crippen LogP contribution in [0.3, 0.4) is 0 Å². The maximum atomic E-state index is 13.9. The van der Waals surface area contributed by atoms with Gasteiger partial charge < -0.3 is 5.73 Å². The number of sulfonamides is 1. The normalized spacial score (nSPS) is 21.5. The number of nitrogens with zero attached hydrogens (tertiary/aromatic N) is 1. The van der Waals surface area contributed by atoms with E-state index in [1.807, 2.05) is 6.92 Å². The Morgan fingerprint density at radius 1 is 1.53 bits per heavy atom. The van der Waals surface area contributed by atoms with Crippen LogP contribution in [0, 0.1) is 5.82 Å². The average molecular weight is 325 g/mol. The Kier molecular flexibility index (Phi) is 4.29. The van der Waals surface area contributed by atoms with Crippen molar-refractivity contribution >= 4 is 39.1 Å². The first-order valence-corrected chi connectivity index (χ1v) is 8.55. The number of benzene rings is 1. The van der Waals surface area contributed by atoms with E-state index < -0.39 is 20.7 Å². The van der Waals surface area contributed by atoms with Crippen molar-refractivity contribution in [1.82, 2.24) is 4.31 Å². The van der Waals surface area contributed by atoms with Gasteiger partial charge in [-0.3, -0.25) is 0 Å². The van der Waals surface area contributed by atoms with E-state index in [0.29, 0.717) is 18.8 Å². The lowest BCUT2D eigenvalue weighted by molar-refractivity contribution is 0.420. The molecule has 2 N–H and O–H groups in total. The number of hydrogen-bond acceptors (Lipinski definition) is 4. The van der Waals surface area contributed by atoms with Crippen molar-refractivity contribution in [2.24, 2.45) is 0 Å². The van der Waals surface area contributed by atoms with E-state index in [1.54, 1.807) is 11.8 Å². The van der Waals surface area contributed by atoms with E-state index in [9.17, 15) is 12.8 Å². The molecule has 8 heteroatoms. The molecule has 0 amide bonds. The van der Waals surface area contributed by atoms with Gasteiger partial charge in [0.25, 0.3) is 0 Å². The number of thioether (sulfide) groups is 1. The van der Waals surface area contributed by atoms with Crippen LogP contribution >= 0.6 is 23.4 Å². The van der Waals surface area contributed by atoms with Crippen molar-refractivity contribution in [1.29, 1.82) is 0 Å². The third-order valence-electron chi connectivity index (χ3n) is 2.85. The summed E-state index contributed by atoms with van der Waals surface area (Å²) in [5.74, 6) is -0.242. The molecule has 19 heavy (non-hydrogen) atoms. The first kappa shape index (κ1) is 14.9. The molecule has 0 aliphatic carbocycles. The molecule has 1 aromatic carbocycles. The number of rotatable bonds is 2. The van der Waals surface area contributed by atoms with Crippen LogP contribution in [-0.4, -0.2) is 36.8 Å². The zero-order valence-electron chi connectivity index (χ0n) is 10.3. The molecule has 1 fully saturated rings. The van der Waals surface area contributed by atoms with E-state index in [-0.39, 0.29) is 16.0 Å². The highest BCUT2D eigenvalue weighted by Gasteiger charge is 2.32. The van der Waals surface area contributed by atoms with Gasteiger partial charge in [-0.25, -0.2) is 12.8 Å². The van der Waals surface area contributed by atoms with Gasteiger partial charge in [0.1, 0.15) is 4.90 Å². The highest BCUT2D eigenvalue weighted by atomic mass is 35.5. The minimum absolute atomic E-state index is 0.108. The molecule has 1 aliphatic rings. The summed E-state index contributed by atoms with van der Waals surface area (Å²) in [5.41, 5.74) is 5.17. The van der Waals surface area contributed by atoms with Gasteiger partial charge in [-0.15, -0.1) is 0 Å². The zero-order chi connectivity index (χ0) is 14.2. The SMILES string of the molecule is CC1CN(S(=O)(=O)c2cc(Cl)cc(N)c2F)CCS1. The number of nitrogen functional groups attached to an aromatic ring is 1. The second kappa shape index (κ2) is 5.47. The first-order valence-electron chi connectivity index (χ1n) is 5.68. The van der Waals surface area contributed by atoms with Gasteiger partial charge in [0.2, 0.25) is 10.0 Å². The molecule has 0 bridgehead atoms. The molecular formula is C11H14ClFN2O2S2. The smallest absolute Gasteiger partial charge is 0.246 e. The molecule has 0 spiro atoms. The predicted molar refractivity (Wildman–Crippen MR) is 76.5 cm³/mol. The van der Waals surface area contributed by atoms with Crippen molar-refractivity contribution in [2.75, 3.05) is 24.6 Å². The number of anilines is 1.